The van der Waals surface area contributed by atoms with E-state index in [-0.39, 0.29) is 16.6 Å². The number of benzene rings is 1. The number of ketones is 1. The number of hydrogen-bond donors (Lipinski definition) is 1. The molecule has 4 bridgehead atoms. The predicted octanol–water partition coefficient (Wildman–Crippen LogP) is 4.86. The van der Waals surface area contributed by atoms with Crippen LogP contribution in [0.3, 0.4) is 0 Å². The molecule has 0 amide bonds. The number of fused-ring (bicyclic) bond motifs is 1. The highest BCUT2D eigenvalue weighted by molar-refractivity contribution is 6.24. The molecule has 3 atom stereocenters. The minimum Gasteiger partial charge on any atom is -0.454 e. The summed E-state index contributed by atoms with van der Waals surface area (Å²) in [5.74, 6) is 0.667. The summed E-state index contributed by atoms with van der Waals surface area (Å²) in [7, 11) is 0. The quantitative estimate of drug-likeness (QED) is 0.464. The molecule has 1 N–H and O–H groups in total. The first-order valence-electron chi connectivity index (χ1n) is 9.88. The minimum atomic E-state index is -0.795. The number of para-hydroxylation sites is 1. The summed E-state index contributed by atoms with van der Waals surface area (Å²) in [5, 5.41) is 0.861. The average Bonchev–Trinajstić information content (AvgIpc) is 3.03. The van der Waals surface area contributed by atoms with Crippen molar-refractivity contribution in [2.75, 3.05) is 0 Å². The number of aromatic amines is 1. The molecular formula is C22H24ClNO3. The van der Waals surface area contributed by atoms with Crippen LogP contribution in [0.4, 0.5) is 0 Å². The third-order valence-electron chi connectivity index (χ3n) is 6.93. The van der Waals surface area contributed by atoms with Crippen molar-refractivity contribution in [2.45, 2.75) is 56.4 Å². The molecule has 4 nitrogen and oxygen atoms in total. The minimum absolute atomic E-state index is 0.161. The maximum atomic E-state index is 13.1. The molecule has 0 unspecified atom stereocenters. The van der Waals surface area contributed by atoms with Crippen molar-refractivity contribution in [3.8, 4) is 0 Å². The molecule has 142 valence electrons. The molecule has 27 heavy (non-hydrogen) atoms. The molecule has 1 heterocycles. The van der Waals surface area contributed by atoms with Crippen molar-refractivity contribution in [3.05, 3.63) is 36.0 Å². The number of alkyl halides is 1. The fraction of sp³-hybridized carbons (Fsp3) is 0.545. The maximum absolute atomic E-state index is 13.1. The van der Waals surface area contributed by atoms with Crippen LogP contribution in [0.25, 0.3) is 10.9 Å². The van der Waals surface area contributed by atoms with E-state index in [1.165, 1.54) is 6.42 Å². The second-order valence-electron chi connectivity index (χ2n) is 9.05. The smallest absolute Gasteiger partial charge is 0.312 e. The van der Waals surface area contributed by atoms with Crippen LogP contribution in [0, 0.1) is 17.3 Å². The Morgan fingerprint density at radius 1 is 1.19 bits per heavy atom. The lowest BCUT2D eigenvalue weighted by Gasteiger charge is -2.58. The number of carbonyl (C=O) groups excluding carboxylic acids is 2. The van der Waals surface area contributed by atoms with Gasteiger partial charge < -0.3 is 9.72 Å². The van der Waals surface area contributed by atoms with E-state index in [1.54, 1.807) is 13.1 Å². The van der Waals surface area contributed by atoms with Gasteiger partial charge in [0.05, 0.1) is 5.41 Å². The first-order valence-corrected chi connectivity index (χ1v) is 10.3. The normalized spacial score (nSPS) is 35.3. The molecule has 4 aliphatic carbocycles. The van der Waals surface area contributed by atoms with Crippen molar-refractivity contribution in [2.24, 2.45) is 17.3 Å². The van der Waals surface area contributed by atoms with Crippen LogP contribution in [0.2, 0.25) is 0 Å². The van der Waals surface area contributed by atoms with Crippen molar-refractivity contribution in [1.82, 2.24) is 4.98 Å². The van der Waals surface area contributed by atoms with Crippen molar-refractivity contribution in [1.29, 1.82) is 0 Å². The zero-order valence-electron chi connectivity index (χ0n) is 15.5. The monoisotopic (exact) mass is 385 g/mol. The largest absolute Gasteiger partial charge is 0.454 e. The first-order chi connectivity index (χ1) is 12.9. The molecular weight excluding hydrogens is 362 g/mol. The lowest BCUT2D eigenvalue weighted by Crippen LogP contribution is -2.56. The van der Waals surface area contributed by atoms with Crippen LogP contribution in [-0.2, 0) is 9.53 Å². The van der Waals surface area contributed by atoms with E-state index in [2.05, 4.69) is 4.98 Å². The number of esters is 1. The number of ether oxygens (including phenoxy) is 1. The summed E-state index contributed by atoms with van der Waals surface area (Å²) in [6, 6.07) is 7.66. The molecule has 1 aromatic heterocycles. The van der Waals surface area contributed by atoms with Gasteiger partial charge in [0.15, 0.2) is 6.10 Å². The topological polar surface area (TPSA) is 59.2 Å². The lowest BCUT2D eigenvalue weighted by atomic mass is 9.49. The van der Waals surface area contributed by atoms with Gasteiger partial charge in [-0.3, -0.25) is 9.59 Å². The Hall–Kier alpha value is -1.81. The van der Waals surface area contributed by atoms with Crippen LogP contribution in [-0.4, -0.2) is 27.7 Å². The summed E-state index contributed by atoms with van der Waals surface area (Å²) in [6.07, 6.45) is 6.56. The Morgan fingerprint density at radius 2 is 1.89 bits per heavy atom. The molecule has 4 aliphatic rings. The van der Waals surface area contributed by atoms with E-state index in [4.69, 9.17) is 16.3 Å². The van der Waals surface area contributed by atoms with Crippen LogP contribution in [0.15, 0.2) is 30.5 Å². The molecule has 4 saturated carbocycles. The molecule has 0 saturated heterocycles. The number of aromatic nitrogens is 1. The summed E-state index contributed by atoms with van der Waals surface area (Å²) in [5.41, 5.74) is 0.996. The van der Waals surface area contributed by atoms with Gasteiger partial charge in [-0.15, -0.1) is 11.6 Å². The Labute approximate surface area is 163 Å². The Morgan fingerprint density at radius 3 is 2.59 bits per heavy atom. The van der Waals surface area contributed by atoms with Crippen LogP contribution >= 0.6 is 11.6 Å². The molecule has 0 radical (unpaired) electrons. The number of Topliss-reactive ketones (excluding diaryl/α,β-unsaturated/α-hetero) is 1. The fourth-order valence-corrected chi connectivity index (χ4v) is 6.92. The second kappa shape index (κ2) is 5.84. The highest BCUT2D eigenvalue weighted by Crippen LogP contribution is 2.64. The lowest BCUT2D eigenvalue weighted by molar-refractivity contribution is -0.172. The summed E-state index contributed by atoms with van der Waals surface area (Å²) >= 11 is 6.83. The van der Waals surface area contributed by atoms with Crippen LogP contribution in [0.5, 0.6) is 0 Å². The zero-order chi connectivity index (χ0) is 18.8. The van der Waals surface area contributed by atoms with Gasteiger partial charge in [-0.1, -0.05) is 18.2 Å². The summed E-state index contributed by atoms with van der Waals surface area (Å²) < 4.78 is 5.75. The van der Waals surface area contributed by atoms with E-state index in [9.17, 15) is 9.59 Å². The first kappa shape index (κ1) is 17.3. The summed E-state index contributed by atoms with van der Waals surface area (Å²) in [4.78, 5) is 28.9. The van der Waals surface area contributed by atoms with Crippen LogP contribution < -0.4 is 0 Å². The van der Waals surface area contributed by atoms with E-state index in [1.807, 2.05) is 24.3 Å². The Balaban J connectivity index is 1.36. The van der Waals surface area contributed by atoms with E-state index < -0.39 is 11.5 Å². The number of hydrogen-bond acceptors (Lipinski definition) is 3. The molecule has 0 aliphatic heterocycles. The SMILES string of the molecule is C[C@H](OC(=O)C12C[C@H]3C[C@@H](CC(Cl)(C3)C1)C2)C(=O)c1c[nH]c2ccccc12. The van der Waals surface area contributed by atoms with Crippen LogP contribution in [0.1, 0.15) is 55.8 Å². The number of halogens is 1. The number of nitrogens with one attached hydrogen (secondary N) is 1. The highest BCUT2D eigenvalue weighted by atomic mass is 35.5. The van der Waals surface area contributed by atoms with Crippen molar-refractivity contribution < 1.29 is 14.3 Å². The number of rotatable bonds is 4. The number of carbonyl (C=O) groups is 2. The average molecular weight is 386 g/mol. The van der Waals surface area contributed by atoms with Crippen molar-refractivity contribution in [3.63, 3.8) is 0 Å². The molecule has 4 fully saturated rings. The molecule has 1 aromatic carbocycles. The molecule has 5 heteroatoms. The number of H-pyrrole nitrogens is 1. The van der Waals surface area contributed by atoms with Crippen molar-refractivity contribution >= 4 is 34.3 Å². The van der Waals surface area contributed by atoms with E-state index >= 15 is 0 Å². The predicted molar refractivity (Wildman–Crippen MR) is 104 cm³/mol. The Kier molecular flexibility index (Phi) is 3.74. The standard InChI is InChI=1S/C22H24ClNO3/c1-13(19(25)17-11-24-18-5-3-2-4-16(17)18)27-20(26)21-7-14-6-15(8-21)10-22(23,9-14)12-21/h2-5,11,13-15,24H,6-10,12H2,1H3/t13-,14+,15+,21?,22?/m0/s1. The maximum Gasteiger partial charge on any atom is 0.312 e. The highest BCUT2D eigenvalue weighted by Gasteiger charge is 2.61. The molecule has 2 aromatic rings. The zero-order valence-corrected chi connectivity index (χ0v) is 16.2. The van der Waals surface area contributed by atoms with Gasteiger partial charge in [0.2, 0.25) is 5.78 Å². The molecule has 6 rings (SSSR count). The van der Waals surface area contributed by atoms with Gasteiger partial charge >= 0.3 is 5.97 Å². The molecule has 0 spiro atoms. The summed E-state index contributed by atoms with van der Waals surface area (Å²) in [6.45, 7) is 1.68. The van der Waals surface area contributed by atoms with Gasteiger partial charge in [0.1, 0.15) is 0 Å². The van der Waals surface area contributed by atoms with Gasteiger partial charge in [-0.25, -0.2) is 0 Å². The van der Waals surface area contributed by atoms with Gasteiger partial charge in [-0.2, -0.15) is 0 Å². The third-order valence-corrected chi connectivity index (χ3v) is 7.37. The second-order valence-corrected chi connectivity index (χ2v) is 9.85. The third kappa shape index (κ3) is 2.72. The Bertz CT molecular complexity index is 919. The van der Waals surface area contributed by atoms with Gasteiger partial charge in [0, 0.05) is 27.5 Å². The van der Waals surface area contributed by atoms with Gasteiger partial charge in [0.25, 0.3) is 0 Å². The van der Waals surface area contributed by atoms with E-state index in [0.717, 1.165) is 36.6 Å². The van der Waals surface area contributed by atoms with Gasteiger partial charge in [-0.05, 0) is 63.4 Å². The van der Waals surface area contributed by atoms with E-state index in [0.29, 0.717) is 23.8 Å². The fourth-order valence-electron chi connectivity index (χ4n) is 6.22.